The van der Waals surface area contributed by atoms with Gasteiger partial charge in [0.2, 0.25) is 0 Å². The largest absolute Gasteiger partial charge is 0.338 e. The molecule has 0 aliphatic carbocycles. The summed E-state index contributed by atoms with van der Waals surface area (Å²) in [6.07, 6.45) is 1.30. The first-order chi connectivity index (χ1) is 8.09. The van der Waals surface area contributed by atoms with Gasteiger partial charge in [-0.3, -0.25) is 4.79 Å². The first-order valence-corrected chi connectivity index (χ1v) is 6.08. The van der Waals surface area contributed by atoms with Crippen molar-refractivity contribution < 1.29 is 0 Å². The number of hydrogen-bond donors (Lipinski definition) is 2. The van der Waals surface area contributed by atoms with Crippen LogP contribution in [0.25, 0.3) is 0 Å². The maximum absolute atomic E-state index is 11.3. The van der Waals surface area contributed by atoms with Crippen molar-refractivity contribution in [2.24, 2.45) is 0 Å². The lowest BCUT2D eigenvalue weighted by molar-refractivity contribution is 1.10. The van der Waals surface area contributed by atoms with Crippen molar-refractivity contribution in [2.75, 3.05) is 5.32 Å². The second kappa shape index (κ2) is 5.08. The van der Waals surface area contributed by atoms with Crippen LogP contribution in [0.2, 0.25) is 10.0 Å². The normalized spacial score (nSPS) is 10.3. The summed E-state index contributed by atoms with van der Waals surface area (Å²) in [5.41, 5.74) is 0.304. The van der Waals surface area contributed by atoms with E-state index in [0.717, 1.165) is 0 Å². The average molecular weight is 335 g/mol. The van der Waals surface area contributed by atoms with Crippen molar-refractivity contribution in [1.29, 1.82) is 0 Å². The lowest BCUT2D eigenvalue weighted by atomic mass is 10.3. The number of anilines is 2. The molecule has 88 valence electrons. The summed E-state index contributed by atoms with van der Waals surface area (Å²) in [4.78, 5) is 17.8. The molecule has 7 heteroatoms. The van der Waals surface area contributed by atoms with Gasteiger partial charge in [0, 0.05) is 0 Å². The molecule has 1 aromatic heterocycles. The maximum atomic E-state index is 11.3. The highest BCUT2D eigenvalue weighted by atomic mass is 79.9. The van der Waals surface area contributed by atoms with Crippen LogP contribution >= 0.6 is 39.1 Å². The molecule has 0 fully saturated rings. The molecule has 0 spiro atoms. The zero-order chi connectivity index (χ0) is 12.4. The third-order valence-corrected chi connectivity index (χ3v) is 3.56. The molecule has 4 nitrogen and oxygen atoms in total. The Morgan fingerprint density at radius 3 is 2.88 bits per heavy atom. The number of benzene rings is 1. The molecular formula is C10H6BrCl2N3O. The Balaban J connectivity index is 2.42. The first-order valence-electron chi connectivity index (χ1n) is 4.54. The maximum Gasteiger partial charge on any atom is 0.267 e. The van der Waals surface area contributed by atoms with Crippen molar-refractivity contribution in [2.45, 2.75) is 0 Å². The average Bonchev–Trinajstić information content (AvgIpc) is 2.31. The smallest absolute Gasteiger partial charge is 0.267 e. The molecular weight excluding hydrogens is 329 g/mol. The van der Waals surface area contributed by atoms with Crippen LogP contribution in [0.15, 0.2) is 33.8 Å². The highest BCUT2D eigenvalue weighted by Gasteiger charge is 2.09. The van der Waals surface area contributed by atoms with Crippen molar-refractivity contribution >= 4 is 50.6 Å². The molecule has 2 rings (SSSR count). The molecule has 0 radical (unpaired) electrons. The summed E-state index contributed by atoms with van der Waals surface area (Å²) in [5.74, 6) is 0.373. The van der Waals surface area contributed by atoms with E-state index in [9.17, 15) is 4.79 Å². The van der Waals surface area contributed by atoms with Crippen LogP contribution in [0.1, 0.15) is 0 Å². The van der Waals surface area contributed by atoms with Gasteiger partial charge in [-0.2, -0.15) is 0 Å². The fraction of sp³-hybridized carbons (Fsp3) is 0. The molecule has 2 N–H and O–H groups in total. The second-order valence-electron chi connectivity index (χ2n) is 3.12. The molecule has 0 saturated heterocycles. The summed E-state index contributed by atoms with van der Waals surface area (Å²) in [5, 5.41) is 3.73. The van der Waals surface area contributed by atoms with E-state index in [0.29, 0.717) is 26.0 Å². The van der Waals surface area contributed by atoms with Gasteiger partial charge in [0.1, 0.15) is 4.47 Å². The van der Waals surface area contributed by atoms with Crippen LogP contribution in [0.5, 0.6) is 0 Å². The third kappa shape index (κ3) is 2.62. The van der Waals surface area contributed by atoms with Gasteiger partial charge >= 0.3 is 0 Å². The fourth-order valence-corrected chi connectivity index (χ4v) is 1.86. The van der Waals surface area contributed by atoms with Gasteiger partial charge in [-0.25, -0.2) is 4.98 Å². The van der Waals surface area contributed by atoms with E-state index in [1.54, 1.807) is 18.2 Å². The van der Waals surface area contributed by atoms with Gasteiger partial charge in [0.15, 0.2) is 5.82 Å². The predicted molar refractivity (Wildman–Crippen MR) is 72.3 cm³/mol. The van der Waals surface area contributed by atoms with Gasteiger partial charge in [-0.05, 0) is 28.1 Å². The van der Waals surface area contributed by atoms with Crippen LogP contribution in [-0.4, -0.2) is 9.97 Å². The summed E-state index contributed by atoms with van der Waals surface area (Å²) in [6, 6.07) is 5.16. The van der Waals surface area contributed by atoms with Gasteiger partial charge in [0.25, 0.3) is 5.56 Å². The van der Waals surface area contributed by atoms with Crippen LogP contribution in [-0.2, 0) is 0 Å². The molecule has 1 heterocycles. The van der Waals surface area contributed by atoms with Crippen LogP contribution in [0, 0.1) is 0 Å². The molecule has 2 aromatic rings. The molecule has 0 atom stereocenters. The summed E-state index contributed by atoms with van der Waals surface area (Å²) >= 11 is 15.0. The number of nitrogens with one attached hydrogen (secondary N) is 2. The van der Waals surface area contributed by atoms with E-state index in [2.05, 4.69) is 31.2 Å². The van der Waals surface area contributed by atoms with Gasteiger partial charge < -0.3 is 10.3 Å². The Kier molecular flexibility index (Phi) is 3.71. The SMILES string of the molecule is O=c1[nH]cnc(Nc2cccc(Cl)c2Cl)c1Br. The number of aromatic amines is 1. The standard InChI is InChI=1S/C10H6BrCl2N3O/c11-7-9(14-4-15-10(7)17)16-6-3-1-2-5(12)8(6)13/h1-4H,(H2,14,15,16,17). The molecule has 0 saturated carbocycles. The first kappa shape index (κ1) is 12.4. The molecule has 0 unspecified atom stereocenters. The number of halogens is 3. The minimum atomic E-state index is -0.277. The molecule has 0 bridgehead atoms. The van der Waals surface area contributed by atoms with Crippen LogP contribution in [0.4, 0.5) is 11.5 Å². The fourth-order valence-electron chi connectivity index (χ4n) is 1.20. The third-order valence-electron chi connectivity index (χ3n) is 2.00. The molecule has 0 aliphatic heterocycles. The lowest BCUT2D eigenvalue weighted by Crippen LogP contribution is -2.10. The zero-order valence-electron chi connectivity index (χ0n) is 8.30. The Hall–Kier alpha value is -1.04. The Morgan fingerprint density at radius 1 is 1.35 bits per heavy atom. The molecule has 1 aromatic carbocycles. The number of aromatic nitrogens is 2. The predicted octanol–water partition coefficient (Wildman–Crippen LogP) is 3.58. The number of hydrogen-bond acceptors (Lipinski definition) is 3. The minimum Gasteiger partial charge on any atom is -0.338 e. The van der Waals surface area contributed by atoms with Gasteiger partial charge in [-0.15, -0.1) is 0 Å². The monoisotopic (exact) mass is 333 g/mol. The van der Waals surface area contributed by atoms with E-state index in [4.69, 9.17) is 23.2 Å². The summed E-state index contributed by atoms with van der Waals surface area (Å²) in [6.45, 7) is 0. The quantitative estimate of drug-likeness (QED) is 0.882. The minimum absolute atomic E-state index is 0.277. The van der Waals surface area contributed by atoms with Crippen LogP contribution in [0.3, 0.4) is 0 Å². The van der Waals surface area contributed by atoms with E-state index < -0.39 is 0 Å². The van der Waals surface area contributed by atoms with Crippen molar-refractivity contribution in [3.05, 3.63) is 49.4 Å². The van der Waals surface area contributed by atoms with E-state index >= 15 is 0 Å². The van der Waals surface area contributed by atoms with E-state index in [-0.39, 0.29) is 5.56 Å². The van der Waals surface area contributed by atoms with E-state index in [1.165, 1.54) is 6.33 Å². The molecule has 0 amide bonds. The zero-order valence-corrected chi connectivity index (χ0v) is 11.4. The number of rotatable bonds is 2. The Bertz CT molecular complexity index is 615. The Labute approximate surface area is 115 Å². The molecule has 17 heavy (non-hydrogen) atoms. The van der Waals surface area contributed by atoms with Crippen molar-refractivity contribution in [1.82, 2.24) is 9.97 Å². The number of nitrogens with zero attached hydrogens (tertiary/aromatic N) is 1. The van der Waals surface area contributed by atoms with Gasteiger partial charge in [-0.1, -0.05) is 29.3 Å². The van der Waals surface area contributed by atoms with Crippen molar-refractivity contribution in [3.8, 4) is 0 Å². The second-order valence-corrected chi connectivity index (χ2v) is 4.70. The topological polar surface area (TPSA) is 57.8 Å². The van der Waals surface area contributed by atoms with E-state index in [1.807, 2.05) is 0 Å². The van der Waals surface area contributed by atoms with Crippen LogP contribution < -0.4 is 10.9 Å². The number of H-pyrrole nitrogens is 1. The highest BCUT2D eigenvalue weighted by molar-refractivity contribution is 9.10. The van der Waals surface area contributed by atoms with Gasteiger partial charge in [0.05, 0.1) is 22.1 Å². The summed E-state index contributed by atoms with van der Waals surface area (Å²) in [7, 11) is 0. The highest BCUT2D eigenvalue weighted by Crippen LogP contribution is 2.32. The lowest BCUT2D eigenvalue weighted by Gasteiger charge is -2.09. The summed E-state index contributed by atoms with van der Waals surface area (Å²) < 4.78 is 0.302. The molecule has 0 aliphatic rings. The Morgan fingerprint density at radius 2 is 2.12 bits per heavy atom. The van der Waals surface area contributed by atoms with Crippen molar-refractivity contribution in [3.63, 3.8) is 0 Å².